The second-order valence-electron chi connectivity index (χ2n) is 5.00. The Morgan fingerprint density at radius 1 is 1.26 bits per heavy atom. The van der Waals surface area contributed by atoms with Gasteiger partial charge < -0.3 is 15.0 Å². The lowest BCUT2D eigenvalue weighted by atomic mass is 10.0. The molecule has 6 nitrogen and oxygen atoms in total. The number of urea groups is 1. The number of aromatic nitrogens is 2. The number of hydrogen-bond donors (Lipinski definition) is 3. The van der Waals surface area contributed by atoms with E-state index in [1.54, 1.807) is 7.11 Å². The van der Waals surface area contributed by atoms with Crippen LogP contribution in [0.25, 0.3) is 22.2 Å². The van der Waals surface area contributed by atoms with Gasteiger partial charge >= 0.3 is 6.03 Å². The number of nitrogens with one attached hydrogen (secondary N) is 3. The predicted octanol–water partition coefficient (Wildman–Crippen LogP) is 3.38. The molecule has 6 heteroatoms. The van der Waals surface area contributed by atoms with Crippen LogP contribution in [0.5, 0.6) is 5.75 Å². The molecule has 0 aliphatic carbocycles. The number of hydrogen-bond acceptors (Lipinski definition) is 3. The van der Waals surface area contributed by atoms with E-state index in [0.29, 0.717) is 12.5 Å². The quantitative estimate of drug-likeness (QED) is 0.691. The smallest absolute Gasteiger partial charge is 0.321 e. The minimum Gasteiger partial charge on any atom is -0.496 e. The number of amides is 2. The Kier molecular flexibility index (Phi) is 4.14. The van der Waals surface area contributed by atoms with E-state index in [1.807, 2.05) is 49.4 Å². The van der Waals surface area contributed by atoms with Gasteiger partial charge in [-0.3, -0.25) is 5.32 Å². The molecule has 0 bridgehead atoms. The number of imidazole rings is 1. The highest BCUT2D eigenvalue weighted by atomic mass is 16.5. The van der Waals surface area contributed by atoms with Crippen molar-refractivity contribution < 1.29 is 9.53 Å². The average Bonchev–Trinajstić information content (AvgIpc) is 2.96. The van der Waals surface area contributed by atoms with E-state index in [-0.39, 0.29) is 6.03 Å². The van der Waals surface area contributed by atoms with Crippen LogP contribution in [-0.4, -0.2) is 29.7 Å². The highest BCUT2D eigenvalue weighted by molar-refractivity contribution is 5.91. The van der Waals surface area contributed by atoms with E-state index in [2.05, 4.69) is 20.6 Å². The van der Waals surface area contributed by atoms with E-state index in [9.17, 15) is 4.79 Å². The third-order valence-corrected chi connectivity index (χ3v) is 3.47. The molecule has 2 aromatic carbocycles. The number of ether oxygens (including phenoxy) is 1. The number of carbonyl (C=O) groups is 1. The maximum atomic E-state index is 11.6. The van der Waals surface area contributed by atoms with Crippen LogP contribution in [0.1, 0.15) is 6.92 Å². The van der Waals surface area contributed by atoms with E-state index in [1.165, 1.54) is 0 Å². The van der Waals surface area contributed by atoms with Crippen LogP contribution >= 0.6 is 0 Å². The van der Waals surface area contributed by atoms with Crippen LogP contribution in [-0.2, 0) is 0 Å². The van der Waals surface area contributed by atoms with Gasteiger partial charge in [-0.2, -0.15) is 0 Å². The molecule has 3 rings (SSSR count). The number of H-pyrrole nitrogens is 1. The molecular weight excluding hydrogens is 292 g/mol. The van der Waals surface area contributed by atoms with E-state index < -0.39 is 0 Å². The summed E-state index contributed by atoms with van der Waals surface area (Å²) >= 11 is 0. The zero-order chi connectivity index (χ0) is 16.2. The third-order valence-electron chi connectivity index (χ3n) is 3.47. The molecule has 0 aliphatic rings. The topological polar surface area (TPSA) is 79.0 Å². The molecule has 0 unspecified atom stereocenters. The van der Waals surface area contributed by atoms with Gasteiger partial charge in [-0.05, 0) is 30.7 Å². The molecule has 1 heterocycles. The summed E-state index contributed by atoms with van der Waals surface area (Å²) in [4.78, 5) is 19.0. The summed E-state index contributed by atoms with van der Waals surface area (Å²) < 4.78 is 5.41. The van der Waals surface area contributed by atoms with Crippen LogP contribution in [0.15, 0.2) is 42.5 Å². The molecule has 0 fully saturated rings. The molecule has 0 aliphatic heterocycles. The first-order valence-electron chi connectivity index (χ1n) is 7.39. The van der Waals surface area contributed by atoms with Gasteiger partial charge in [0.15, 0.2) is 0 Å². The van der Waals surface area contributed by atoms with E-state index in [4.69, 9.17) is 4.74 Å². The van der Waals surface area contributed by atoms with Crippen LogP contribution in [0, 0.1) is 0 Å². The van der Waals surface area contributed by atoms with E-state index in [0.717, 1.165) is 27.9 Å². The van der Waals surface area contributed by atoms with Gasteiger partial charge in [-0.15, -0.1) is 0 Å². The van der Waals surface area contributed by atoms with Crippen molar-refractivity contribution in [3.05, 3.63) is 42.5 Å². The largest absolute Gasteiger partial charge is 0.496 e. The van der Waals surface area contributed by atoms with E-state index >= 15 is 0 Å². The number of para-hydroxylation sites is 1. The standard InChI is InChI=1S/C17H18N4O2/c1-3-18-17(22)21-16-19-13-9-8-11(10-14(13)20-16)12-6-4-5-7-15(12)23-2/h4-10H,3H2,1-2H3,(H3,18,19,20,21,22). The van der Waals surface area contributed by atoms with Gasteiger partial charge in [0.2, 0.25) is 5.95 Å². The molecule has 0 saturated carbocycles. The van der Waals surface area contributed by atoms with Crippen LogP contribution in [0.2, 0.25) is 0 Å². The molecule has 1 aromatic heterocycles. The van der Waals surface area contributed by atoms with Crippen LogP contribution in [0.3, 0.4) is 0 Å². The fraction of sp³-hybridized carbons (Fsp3) is 0.176. The Morgan fingerprint density at radius 2 is 2.09 bits per heavy atom. The Balaban J connectivity index is 1.94. The molecular formula is C17H18N4O2. The molecule has 3 N–H and O–H groups in total. The van der Waals surface area contributed by atoms with Crippen molar-refractivity contribution in [2.45, 2.75) is 6.92 Å². The second-order valence-corrected chi connectivity index (χ2v) is 5.00. The van der Waals surface area contributed by atoms with Crippen molar-refractivity contribution in [1.29, 1.82) is 0 Å². The third kappa shape index (κ3) is 3.11. The number of methoxy groups -OCH3 is 1. The maximum absolute atomic E-state index is 11.6. The molecule has 23 heavy (non-hydrogen) atoms. The normalized spacial score (nSPS) is 10.5. The fourth-order valence-electron chi connectivity index (χ4n) is 2.43. The number of aromatic amines is 1. The van der Waals surface area contributed by atoms with Crippen molar-refractivity contribution in [1.82, 2.24) is 15.3 Å². The van der Waals surface area contributed by atoms with Gasteiger partial charge in [-0.1, -0.05) is 24.3 Å². The Labute approximate surface area is 133 Å². The minimum absolute atomic E-state index is 0.281. The first-order valence-corrected chi connectivity index (χ1v) is 7.39. The average molecular weight is 310 g/mol. The zero-order valence-corrected chi connectivity index (χ0v) is 13.0. The lowest BCUT2D eigenvalue weighted by Gasteiger charge is -2.07. The molecule has 0 saturated heterocycles. The Hall–Kier alpha value is -3.02. The molecule has 0 spiro atoms. The number of carbonyl (C=O) groups excluding carboxylic acids is 1. The molecule has 0 atom stereocenters. The van der Waals surface area contributed by atoms with Gasteiger partial charge in [-0.25, -0.2) is 9.78 Å². The zero-order valence-electron chi connectivity index (χ0n) is 13.0. The summed E-state index contributed by atoms with van der Waals surface area (Å²) in [5, 5.41) is 5.34. The van der Waals surface area contributed by atoms with Crippen molar-refractivity contribution in [2.24, 2.45) is 0 Å². The second kappa shape index (κ2) is 6.39. The first-order chi connectivity index (χ1) is 11.2. The minimum atomic E-state index is -0.281. The first kappa shape index (κ1) is 14.9. The van der Waals surface area contributed by atoms with Crippen LogP contribution in [0.4, 0.5) is 10.7 Å². The fourth-order valence-corrected chi connectivity index (χ4v) is 2.43. The Bertz CT molecular complexity index is 841. The van der Waals surface area contributed by atoms with Gasteiger partial charge in [0.25, 0.3) is 0 Å². The lowest BCUT2D eigenvalue weighted by Crippen LogP contribution is -2.28. The van der Waals surface area contributed by atoms with Crippen molar-refractivity contribution in [3.8, 4) is 16.9 Å². The SMILES string of the molecule is CCNC(=O)Nc1nc2ccc(-c3ccccc3OC)cc2[nH]1. The lowest BCUT2D eigenvalue weighted by molar-refractivity contribution is 0.252. The number of anilines is 1. The number of benzene rings is 2. The number of nitrogens with zero attached hydrogens (tertiary/aromatic N) is 1. The molecule has 0 radical (unpaired) electrons. The van der Waals surface area contributed by atoms with Crippen molar-refractivity contribution >= 4 is 23.0 Å². The predicted molar refractivity (Wildman–Crippen MR) is 90.8 cm³/mol. The monoisotopic (exact) mass is 310 g/mol. The molecule has 2 amide bonds. The highest BCUT2D eigenvalue weighted by Gasteiger charge is 2.09. The Morgan fingerprint density at radius 3 is 2.87 bits per heavy atom. The maximum Gasteiger partial charge on any atom is 0.321 e. The molecule has 118 valence electrons. The number of rotatable bonds is 4. The summed E-state index contributed by atoms with van der Waals surface area (Å²) in [6, 6.07) is 13.4. The summed E-state index contributed by atoms with van der Waals surface area (Å²) in [5.41, 5.74) is 3.66. The van der Waals surface area contributed by atoms with Gasteiger partial charge in [0.05, 0.1) is 18.1 Å². The van der Waals surface area contributed by atoms with Crippen molar-refractivity contribution in [3.63, 3.8) is 0 Å². The summed E-state index contributed by atoms with van der Waals surface area (Å²) in [7, 11) is 1.65. The van der Waals surface area contributed by atoms with Gasteiger partial charge in [0.1, 0.15) is 5.75 Å². The highest BCUT2D eigenvalue weighted by Crippen LogP contribution is 2.31. The summed E-state index contributed by atoms with van der Waals surface area (Å²) in [5.74, 6) is 1.23. The van der Waals surface area contributed by atoms with Crippen molar-refractivity contribution in [2.75, 3.05) is 19.0 Å². The summed E-state index contributed by atoms with van der Waals surface area (Å²) in [6.07, 6.45) is 0. The van der Waals surface area contributed by atoms with Gasteiger partial charge in [0, 0.05) is 12.1 Å². The molecule has 3 aromatic rings. The summed E-state index contributed by atoms with van der Waals surface area (Å²) in [6.45, 7) is 2.42. The number of fused-ring (bicyclic) bond motifs is 1. The van der Waals surface area contributed by atoms with Crippen LogP contribution < -0.4 is 15.4 Å².